The lowest BCUT2D eigenvalue weighted by molar-refractivity contribution is 0.117. The molecule has 0 radical (unpaired) electrons. The quantitative estimate of drug-likeness (QED) is 0.648. The molecular weight excluding hydrogens is 344 g/mol. The molecule has 0 bridgehead atoms. The number of fused-ring (bicyclic) bond motifs is 1. The topological polar surface area (TPSA) is 9.23 Å². The molecule has 0 aliphatic heterocycles. The Hall–Kier alpha value is -1.38. The van der Waals surface area contributed by atoms with Crippen molar-refractivity contribution in [2.75, 3.05) is 0 Å². The molecular formula is C25H34OSi. The third-order valence-electron chi connectivity index (χ3n) is 7.19. The minimum atomic E-state index is -2.40. The Kier molecular flexibility index (Phi) is 5.07. The molecule has 144 valence electrons. The minimum Gasteiger partial charge on any atom is -0.404 e. The summed E-state index contributed by atoms with van der Waals surface area (Å²) in [5.41, 5.74) is 0. The monoisotopic (exact) mass is 378 g/mol. The van der Waals surface area contributed by atoms with Crippen molar-refractivity contribution in [1.29, 1.82) is 0 Å². The van der Waals surface area contributed by atoms with E-state index < -0.39 is 8.32 Å². The molecule has 2 aliphatic carbocycles. The zero-order chi connectivity index (χ0) is 19.1. The lowest BCUT2D eigenvalue weighted by Gasteiger charge is -2.46. The summed E-state index contributed by atoms with van der Waals surface area (Å²) in [4.78, 5) is 0. The van der Waals surface area contributed by atoms with Gasteiger partial charge in [0.15, 0.2) is 0 Å². The van der Waals surface area contributed by atoms with Crippen molar-refractivity contribution in [3.8, 4) is 0 Å². The first-order valence-corrected chi connectivity index (χ1v) is 12.6. The van der Waals surface area contributed by atoms with Crippen molar-refractivity contribution in [2.24, 2.45) is 17.8 Å². The van der Waals surface area contributed by atoms with Crippen molar-refractivity contribution < 1.29 is 4.43 Å². The van der Waals surface area contributed by atoms with E-state index in [1.54, 1.807) is 0 Å². The first kappa shape index (κ1) is 19.0. The van der Waals surface area contributed by atoms with E-state index in [1.165, 1.54) is 36.1 Å². The SMILES string of the molecule is C[C@H]1CC[C@H]2CC[C@H](O[Si](c3ccccc3)(c3ccccc3)C(C)(C)C)[C@H]21. The largest absolute Gasteiger partial charge is 0.404 e. The van der Waals surface area contributed by atoms with Crippen LogP contribution in [0.1, 0.15) is 53.4 Å². The molecule has 0 spiro atoms. The molecule has 0 aromatic heterocycles. The average Bonchev–Trinajstić information content (AvgIpc) is 3.23. The van der Waals surface area contributed by atoms with Crippen molar-refractivity contribution in [3.05, 3.63) is 60.7 Å². The predicted molar refractivity (Wildman–Crippen MR) is 117 cm³/mol. The smallest absolute Gasteiger partial charge is 0.261 e. The highest BCUT2D eigenvalue weighted by molar-refractivity contribution is 6.99. The number of benzene rings is 2. The van der Waals surface area contributed by atoms with Crippen molar-refractivity contribution >= 4 is 18.7 Å². The molecule has 2 fully saturated rings. The Morgan fingerprint density at radius 2 is 1.30 bits per heavy atom. The Labute approximate surface area is 166 Å². The lowest BCUT2D eigenvalue weighted by Crippen LogP contribution is -2.68. The first-order valence-electron chi connectivity index (χ1n) is 10.7. The minimum absolute atomic E-state index is 0.0790. The van der Waals surface area contributed by atoms with Crippen molar-refractivity contribution in [3.63, 3.8) is 0 Å². The van der Waals surface area contributed by atoms with Gasteiger partial charge in [0.2, 0.25) is 0 Å². The molecule has 2 aromatic carbocycles. The molecule has 2 saturated carbocycles. The van der Waals surface area contributed by atoms with Gasteiger partial charge in [-0.25, -0.2) is 0 Å². The summed E-state index contributed by atoms with van der Waals surface area (Å²) in [7, 11) is -2.40. The molecule has 0 N–H and O–H groups in total. The van der Waals surface area contributed by atoms with Crippen LogP contribution < -0.4 is 10.4 Å². The molecule has 4 atom stereocenters. The highest BCUT2D eigenvalue weighted by atomic mass is 28.4. The maximum atomic E-state index is 7.46. The van der Waals surface area contributed by atoms with E-state index in [2.05, 4.69) is 88.4 Å². The summed E-state index contributed by atoms with van der Waals surface area (Å²) in [5, 5.41) is 2.91. The van der Waals surface area contributed by atoms with E-state index in [-0.39, 0.29) is 5.04 Å². The molecule has 0 saturated heterocycles. The van der Waals surface area contributed by atoms with Gasteiger partial charge in [0.25, 0.3) is 8.32 Å². The fraction of sp³-hybridized carbons (Fsp3) is 0.520. The van der Waals surface area contributed by atoms with E-state index in [1.807, 2.05) is 0 Å². The fourth-order valence-electron chi connectivity index (χ4n) is 5.96. The van der Waals surface area contributed by atoms with Crippen LogP contribution in [-0.2, 0) is 4.43 Å². The third kappa shape index (κ3) is 3.21. The molecule has 2 aliphatic rings. The standard InChI is InChI=1S/C25H34OSi/c1-19-15-16-20-17-18-23(24(19)20)26-27(25(2,3)4,21-11-7-5-8-12-21)22-13-9-6-10-14-22/h5-14,19-20,23-24H,15-18H2,1-4H3/t19-,20-,23-,24-/m0/s1. The summed E-state index contributed by atoms with van der Waals surface area (Å²) < 4.78 is 7.46. The van der Waals surface area contributed by atoms with Crippen LogP contribution in [0.25, 0.3) is 0 Å². The average molecular weight is 379 g/mol. The van der Waals surface area contributed by atoms with Gasteiger partial charge in [0.05, 0.1) is 0 Å². The van der Waals surface area contributed by atoms with E-state index in [0.29, 0.717) is 6.10 Å². The summed E-state index contributed by atoms with van der Waals surface area (Å²) in [5.74, 6) is 2.45. The van der Waals surface area contributed by atoms with Crippen LogP contribution >= 0.6 is 0 Å². The van der Waals surface area contributed by atoms with Crippen LogP contribution in [0.2, 0.25) is 5.04 Å². The van der Waals surface area contributed by atoms with E-state index >= 15 is 0 Å². The number of hydrogen-bond acceptors (Lipinski definition) is 1. The van der Waals surface area contributed by atoms with E-state index in [9.17, 15) is 0 Å². The first-order chi connectivity index (χ1) is 12.9. The van der Waals surface area contributed by atoms with Crippen molar-refractivity contribution in [2.45, 2.75) is 64.5 Å². The van der Waals surface area contributed by atoms with Gasteiger partial charge in [-0.3, -0.25) is 0 Å². The van der Waals surface area contributed by atoms with Gasteiger partial charge >= 0.3 is 0 Å². The third-order valence-corrected chi connectivity index (χ3v) is 12.3. The Morgan fingerprint density at radius 3 is 1.81 bits per heavy atom. The van der Waals surface area contributed by atoms with Crippen LogP contribution in [0.15, 0.2) is 60.7 Å². The second kappa shape index (κ2) is 7.22. The molecule has 0 heterocycles. The zero-order valence-electron chi connectivity index (χ0n) is 17.3. The van der Waals surface area contributed by atoms with E-state index in [0.717, 1.165) is 17.8 Å². The van der Waals surface area contributed by atoms with E-state index in [4.69, 9.17) is 4.43 Å². The van der Waals surface area contributed by atoms with Gasteiger partial charge < -0.3 is 4.43 Å². The normalized spacial score (nSPS) is 28.3. The molecule has 27 heavy (non-hydrogen) atoms. The van der Waals surface area contributed by atoms with Gasteiger partial charge in [-0.1, -0.05) is 94.8 Å². The molecule has 2 aromatic rings. The van der Waals surface area contributed by atoms with Gasteiger partial charge in [0.1, 0.15) is 0 Å². The molecule has 0 unspecified atom stereocenters. The highest BCUT2D eigenvalue weighted by Gasteiger charge is 2.54. The van der Waals surface area contributed by atoms with Crippen molar-refractivity contribution in [1.82, 2.24) is 0 Å². The summed E-state index contributed by atoms with van der Waals surface area (Å²) in [6, 6.07) is 22.3. The Morgan fingerprint density at radius 1 is 0.778 bits per heavy atom. The molecule has 1 nitrogen and oxygen atoms in total. The van der Waals surface area contributed by atoms with Gasteiger partial charge in [-0.15, -0.1) is 0 Å². The number of hydrogen-bond donors (Lipinski definition) is 0. The predicted octanol–water partition coefficient (Wildman–Crippen LogP) is 5.39. The van der Waals surface area contributed by atoms with Gasteiger partial charge in [0, 0.05) is 6.10 Å². The molecule has 4 rings (SSSR count). The number of rotatable bonds is 4. The summed E-state index contributed by atoms with van der Waals surface area (Å²) in [6.07, 6.45) is 5.81. The Balaban J connectivity index is 1.83. The van der Waals surface area contributed by atoms with Gasteiger partial charge in [-0.2, -0.15) is 0 Å². The zero-order valence-corrected chi connectivity index (χ0v) is 18.3. The Bertz CT molecular complexity index is 709. The van der Waals surface area contributed by atoms with Crippen LogP contribution in [0, 0.1) is 17.8 Å². The van der Waals surface area contributed by atoms with Crippen LogP contribution in [0.4, 0.5) is 0 Å². The maximum absolute atomic E-state index is 7.46. The molecule has 2 heteroatoms. The highest BCUT2D eigenvalue weighted by Crippen LogP contribution is 2.50. The van der Waals surface area contributed by atoms with Crippen LogP contribution in [-0.4, -0.2) is 14.4 Å². The molecule has 0 amide bonds. The maximum Gasteiger partial charge on any atom is 0.261 e. The second-order valence-corrected chi connectivity index (χ2v) is 14.0. The summed E-state index contributed by atoms with van der Waals surface area (Å²) in [6.45, 7) is 9.63. The summed E-state index contributed by atoms with van der Waals surface area (Å²) >= 11 is 0. The van der Waals surface area contributed by atoms with Gasteiger partial charge in [-0.05, 0) is 52.4 Å². The lowest BCUT2D eigenvalue weighted by atomic mass is 9.92. The van der Waals surface area contributed by atoms with Crippen LogP contribution in [0.5, 0.6) is 0 Å². The second-order valence-electron chi connectivity index (χ2n) is 9.79. The fourth-order valence-corrected chi connectivity index (χ4v) is 10.7. The van der Waals surface area contributed by atoms with Crippen LogP contribution in [0.3, 0.4) is 0 Å².